The zero-order valence-electron chi connectivity index (χ0n) is 19.6. The molecule has 10 nitrogen and oxygen atoms in total. The first-order chi connectivity index (χ1) is 18.1. The largest absolute Gasteiger partial charge is 0.493 e. The number of halogens is 4. The van der Waals surface area contributed by atoms with Gasteiger partial charge in [0.15, 0.2) is 18.1 Å². The van der Waals surface area contributed by atoms with Gasteiger partial charge < -0.3 is 24.5 Å². The number of methoxy groups -OCH3 is 1. The lowest BCUT2D eigenvalue weighted by atomic mass is 10.1. The molecule has 0 radical (unpaired) electrons. The third-order valence-electron chi connectivity index (χ3n) is 4.70. The van der Waals surface area contributed by atoms with Crippen molar-refractivity contribution in [3.05, 3.63) is 76.2 Å². The number of nitrogens with zero attached hydrogens (tertiary/aromatic N) is 1. The van der Waals surface area contributed by atoms with Crippen molar-refractivity contribution in [2.75, 3.05) is 19.0 Å². The van der Waals surface area contributed by atoms with Gasteiger partial charge in [-0.2, -0.15) is 18.3 Å². The van der Waals surface area contributed by atoms with Gasteiger partial charge >= 0.3 is 18.0 Å². The lowest BCUT2D eigenvalue weighted by molar-refractivity contribution is -0.139. The Hall–Kier alpha value is -4.33. The Kier molecular flexibility index (Phi) is 9.49. The van der Waals surface area contributed by atoms with Crippen LogP contribution >= 0.6 is 15.9 Å². The molecule has 0 saturated carbocycles. The maximum absolute atomic E-state index is 13.2. The summed E-state index contributed by atoms with van der Waals surface area (Å²) in [6, 6.07) is 11.0. The van der Waals surface area contributed by atoms with Crippen molar-refractivity contribution in [2.24, 2.45) is 5.10 Å². The standard InChI is InChI=1S/C24H20BrF3N4O6/c1-36-20-9-14(11-30-32-23(35)22(34)29-12-16-3-2-8-37-16)4-7-19(20)38-13-21(33)31-18-6-5-15(25)10-17(18)24(26,27)28/h2-11H,12-13H2,1H3,(H,29,34)(H,31,33)(H,32,35)/b30-11-. The second-order valence-electron chi connectivity index (χ2n) is 7.40. The first-order valence-electron chi connectivity index (χ1n) is 10.7. The molecule has 0 atom stereocenters. The molecule has 0 aliphatic rings. The van der Waals surface area contributed by atoms with E-state index in [0.717, 1.165) is 12.1 Å². The summed E-state index contributed by atoms with van der Waals surface area (Å²) in [5, 5.41) is 8.25. The molecule has 3 amide bonds. The van der Waals surface area contributed by atoms with Crippen molar-refractivity contribution >= 4 is 45.6 Å². The minimum absolute atomic E-state index is 0.0340. The summed E-state index contributed by atoms with van der Waals surface area (Å²) in [6.45, 7) is -0.563. The van der Waals surface area contributed by atoms with E-state index in [9.17, 15) is 27.6 Å². The Morgan fingerprint density at radius 2 is 1.87 bits per heavy atom. The Labute approximate surface area is 222 Å². The molecule has 200 valence electrons. The highest BCUT2D eigenvalue weighted by molar-refractivity contribution is 9.10. The Balaban J connectivity index is 1.54. The smallest absolute Gasteiger partial charge is 0.418 e. The van der Waals surface area contributed by atoms with Gasteiger partial charge in [-0.05, 0) is 54.1 Å². The van der Waals surface area contributed by atoms with Gasteiger partial charge in [-0.3, -0.25) is 14.4 Å². The topological polar surface area (TPSA) is 131 Å². The number of amides is 3. The van der Waals surface area contributed by atoms with Crippen LogP contribution in [-0.2, 0) is 27.1 Å². The number of benzene rings is 2. The number of nitrogens with one attached hydrogen (secondary N) is 3. The van der Waals surface area contributed by atoms with Crippen molar-refractivity contribution in [1.82, 2.24) is 10.7 Å². The molecule has 0 saturated heterocycles. The predicted octanol–water partition coefficient (Wildman–Crippen LogP) is 3.85. The summed E-state index contributed by atoms with van der Waals surface area (Å²) in [5.74, 6) is -1.94. The van der Waals surface area contributed by atoms with E-state index < -0.39 is 41.8 Å². The Morgan fingerprint density at radius 3 is 2.55 bits per heavy atom. The van der Waals surface area contributed by atoms with Crippen LogP contribution in [0.2, 0.25) is 0 Å². The molecule has 14 heteroatoms. The van der Waals surface area contributed by atoms with Crippen LogP contribution in [0.1, 0.15) is 16.9 Å². The molecule has 3 aromatic rings. The van der Waals surface area contributed by atoms with E-state index in [-0.39, 0.29) is 22.5 Å². The monoisotopic (exact) mass is 596 g/mol. The van der Waals surface area contributed by atoms with Crippen LogP contribution in [0, 0.1) is 0 Å². The summed E-state index contributed by atoms with van der Waals surface area (Å²) in [4.78, 5) is 35.8. The predicted molar refractivity (Wildman–Crippen MR) is 133 cm³/mol. The fourth-order valence-corrected chi connectivity index (χ4v) is 3.31. The quantitative estimate of drug-likeness (QED) is 0.195. The van der Waals surface area contributed by atoms with Gasteiger partial charge in [0, 0.05) is 4.47 Å². The normalized spacial score (nSPS) is 11.2. The van der Waals surface area contributed by atoms with Crippen LogP contribution in [-0.4, -0.2) is 37.7 Å². The van der Waals surface area contributed by atoms with Crippen molar-refractivity contribution in [2.45, 2.75) is 12.7 Å². The van der Waals surface area contributed by atoms with E-state index in [1.54, 1.807) is 12.1 Å². The zero-order valence-corrected chi connectivity index (χ0v) is 21.2. The minimum Gasteiger partial charge on any atom is -0.493 e. The Bertz CT molecular complexity index is 1330. The number of carbonyl (C=O) groups excluding carboxylic acids is 3. The summed E-state index contributed by atoms with van der Waals surface area (Å²) < 4.78 is 55.6. The number of alkyl halides is 3. The third kappa shape index (κ3) is 8.09. The number of hydrogen-bond donors (Lipinski definition) is 3. The van der Waals surface area contributed by atoms with Gasteiger partial charge in [0.2, 0.25) is 0 Å². The second-order valence-corrected chi connectivity index (χ2v) is 8.31. The molecule has 1 heterocycles. The maximum Gasteiger partial charge on any atom is 0.418 e. The van der Waals surface area contributed by atoms with Gasteiger partial charge in [0.25, 0.3) is 5.91 Å². The van der Waals surface area contributed by atoms with E-state index in [1.807, 2.05) is 0 Å². The average Bonchev–Trinajstić information content (AvgIpc) is 3.40. The molecule has 1 aromatic heterocycles. The SMILES string of the molecule is COc1cc(/C=N\NC(=O)C(=O)NCc2ccco2)ccc1OCC(=O)Nc1ccc(Br)cc1C(F)(F)F. The van der Waals surface area contributed by atoms with Crippen molar-refractivity contribution < 1.29 is 41.4 Å². The number of anilines is 1. The van der Waals surface area contributed by atoms with Crippen LogP contribution in [0.4, 0.5) is 18.9 Å². The van der Waals surface area contributed by atoms with Gasteiger partial charge in [0.05, 0.1) is 37.4 Å². The summed E-state index contributed by atoms with van der Waals surface area (Å²) in [5.41, 5.74) is 1.10. The highest BCUT2D eigenvalue weighted by Crippen LogP contribution is 2.36. The van der Waals surface area contributed by atoms with E-state index in [4.69, 9.17) is 13.9 Å². The molecule has 0 spiro atoms. The fraction of sp³-hybridized carbons (Fsp3) is 0.167. The van der Waals surface area contributed by atoms with E-state index in [1.165, 1.54) is 43.9 Å². The number of hydrazone groups is 1. The molecule has 0 unspecified atom stereocenters. The molecule has 3 rings (SSSR count). The van der Waals surface area contributed by atoms with Crippen LogP contribution in [0.5, 0.6) is 11.5 Å². The molecule has 2 aromatic carbocycles. The van der Waals surface area contributed by atoms with Crippen LogP contribution in [0.25, 0.3) is 0 Å². The first-order valence-corrected chi connectivity index (χ1v) is 11.5. The van der Waals surface area contributed by atoms with Crippen molar-refractivity contribution in [3.63, 3.8) is 0 Å². The first kappa shape index (κ1) is 28.2. The van der Waals surface area contributed by atoms with E-state index >= 15 is 0 Å². The lowest BCUT2D eigenvalue weighted by Gasteiger charge is -2.15. The molecule has 0 bridgehead atoms. The fourth-order valence-electron chi connectivity index (χ4n) is 2.95. The van der Waals surface area contributed by atoms with Gasteiger partial charge in [0.1, 0.15) is 5.76 Å². The van der Waals surface area contributed by atoms with Crippen molar-refractivity contribution in [3.8, 4) is 11.5 Å². The van der Waals surface area contributed by atoms with Gasteiger partial charge in [-0.1, -0.05) is 15.9 Å². The molecule has 0 fully saturated rings. The molecular weight excluding hydrogens is 577 g/mol. The highest BCUT2D eigenvalue weighted by atomic mass is 79.9. The molecule has 38 heavy (non-hydrogen) atoms. The molecular formula is C24H20BrF3N4O6. The highest BCUT2D eigenvalue weighted by Gasteiger charge is 2.34. The number of ether oxygens (including phenoxy) is 2. The van der Waals surface area contributed by atoms with Gasteiger partial charge in [-0.25, -0.2) is 5.43 Å². The summed E-state index contributed by atoms with van der Waals surface area (Å²) in [7, 11) is 1.34. The molecule has 3 N–H and O–H groups in total. The number of furan rings is 1. The number of hydrogen-bond acceptors (Lipinski definition) is 7. The molecule has 0 aliphatic heterocycles. The Morgan fingerprint density at radius 1 is 1.08 bits per heavy atom. The van der Waals surface area contributed by atoms with Crippen LogP contribution in [0.3, 0.4) is 0 Å². The molecule has 0 aliphatic carbocycles. The summed E-state index contributed by atoms with van der Waals surface area (Å²) in [6.07, 6.45) is -2.00. The minimum atomic E-state index is -4.67. The van der Waals surface area contributed by atoms with E-state index in [0.29, 0.717) is 11.3 Å². The van der Waals surface area contributed by atoms with Crippen molar-refractivity contribution in [1.29, 1.82) is 0 Å². The zero-order chi connectivity index (χ0) is 27.7. The van der Waals surface area contributed by atoms with Crippen LogP contribution < -0.4 is 25.5 Å². The number of carbonyl (C=O) groups is 3. The van der Waals surface area contributed by atoms with Crippen LogP contribution in [0.15, 0.2) is 68.8 Å². The summed E-state index contributed by atoms with van der Waals surface area (Å²) >= 11 is 2.98. The lowest BCUT2D eigenvalue weighted by Crippen LogP contribution is -2.37. The number of rotatable bonds is 9. The average molecular weight is 597 g/mol. The maximum atomic E-state index is 13.2. The van der Waals surface area contributed by atoms with Gasteiger partial charge in [-0.15, -0.1) is 0 Å². The third-order valence-corrected chi connectivity index (χ3v) is 5.19. The second kappa shape index (κ2) is 12.8. The van der Waals surface area contributed by atoms with E-state index in [2.05, 4.69) is 37.1 Å².